The summed E-state index contributed by atoms with van der Waals surface area (Å²) in [6.07, 6.45) is 0. The number of hydrogen-bond acceptors (Lipinski definition) is 8. The Morgan fingerprint density at radius 2 is 1.76 bits per heavy atom. The van der Waals surface area contributed by atoms with Crippen LogP contribution in [0.25, 0.3) is 27.0 Å². The van der Waals surface area contributed by atoms with E-state index in [1.54, 1.807) is 48.7 Å². The van der Waals surface area contributed by atoms with Gasteiger partial charge in [0.1, 0.15) is 16.5 Å². The lowest BCUT2D eigenvalue weighted by Gasteiger charge is -2.12. The van der Waals surface area contributed by atoms with Gasteiger partial charge in [-0.3, -0.25) is 4.57 Å². The Balaban J connectivity index is 1.49. The summed E-state index contributed by atoms with van der Waals surface area (Å²) in [5, 5.41) is 15.1. The van der Waals surface area contributed by atoms with E-state index in [1.807, 2.05) is 54.6 Å². The Bertz CT molecular complexity index is 1340. The summed E-state index contributed by atoms with van der Waals surface area (Å²) in [5.74, 6) is 2.96. The van der Waals surface area contributed by atoms with E-state index in [2.05, 4.69) is 31.6 Å². The highest BCUT2D eigenvalue weighted by Gasteiger charge is 2.19. The van der Waals surface area contributed by atoms with Crippen LogP contribution in [0.2, 0.25) is 0 Å². The van der Waals surface area contributed by atoms with E-state index in [9.17, 15) is 0 Å². The topological polar surface area (TPSA) is 62.1 Å². The van der Waals surface area contributed by atoms with E-state index in [0.717, 1.165) is 44.4 Å². The Kier molecular flexibility index (Phi) is 6.43. The van der Waals surface area contributed by atoms with Crippen LogP contribution in [-0.2, 0) is 5.75 Å². The van der Waals surface area contributed by atoms with Crippen LogP contribution in [0.4, 0.5) is 0 Å². The highest BCUT2D eigenvalue weighted by Crippen LogP contribution is 2.35. The predicted molar refractivity (Wildman–Crippen MR) is 135 cm³/mol. The molecule has 0 atom stereocenters. The largest absolute Gasteiger partial charge is 0.497 e. The summed E-state index contributed by atoms with van der Waals surface area (Å²) in [6.45, 7) is 0. The summed E-state index contributed by atoms with van der Waals surface area (Å²) in [6, 6.07) is 19.9. The lowest BCUT2D eigenvalue weighted by Crippen LogP contribution is -2.01. The summed E-state index contributed by atoms with van der Waals surface area (Å²) >= 11 is 4.98. The molecule has 0 radical (unpaired) electrons. The predicted octanol–water partition coefficient (Wildman–Crippen LogP) is 6.43. The number of nitrogens with zero attached hydrogens (tertiary/aromatic N) is 4. The van der Waals surface area contributed by atoms with E-state index in [-0.39, 0.29) is 0 Å². The Morgan fingerprint density at radius 1 is 0.909 bits per heavy atom. The van der Waals surface area contributed by atoms with Gasteiger partial charge in [0.05, 0.1) is 36.0 Å². The minimum Gasteiger partial charge on any atom is -0.497 e. The fourth-order valence-corrected chi connectivity index (χ4v) is 5.94. The minimum absolute atomic E-state index is 0.697. The van der Waals surface area contributed by atoms with Gasteiger partial charge in [-0.25, -0.2) is 4.98 Å². The van der Waals surface area contributed by atoms with Gasteiger partial charge in [0.25, 0.3) is 0 Å². The fourth-order valence-electron chi connectivity index (χ4n) is 3.36. The molecule has 5 aromatic rings. The molecule has 0 N–H and O–H groups in total. The van der Waals surface area contributed by atoms with Crippen LogP contribution in [0.3, 0.4) is 0 Å². The van der Waals surface area contributed by atoms with Crippen LogP contribution in [0.1, 0.15) is 5.69 Å². The number of thiazole rings is 1. The van der Waals surface area contributed by atoms with Crippen molar-refractivity contribution < 1.29 is 9.47 Å². The monoisotopic (exact) mass is 492 g/mol. The van der Waals surface area contributed by atoms with Crippen LogP contribution in [0.15, 0.2) is 76.6 Å². The molecule has 9 heteroatoms. The number of thioether (sulfide) groups is 1. The normalized spacial score (nSPS) is 11.0. The van der Waals surface area contributed by atoms with Crippen LogP contribution >= 0.6 is 34.4 Å². The standard InChI is InChI=1S/C24H20N4O2S3/c1-29-18-11-9-17(10-12-18)28-22(19-6-3-4-7-20(19)30-2)26-27-24(28)33-15-16-14-32-23(25-16)21-8-5-13-31-21/h3-14H,15H2,1-2H3. The Labute approximate surface area is 203 Å². The van der Waals surface area contributed by atoms with Crippen molar-refractivity contribution in [1.29, 1.82) is 0 Å². The maximum atomic E-state index is 5.59. The van der Waals surface area contributed by atoms with E-state index in [4.69, 9.17) is 14.5 Å². The first-order valence-electron chi connectivity index (χ1n) is 10.1. The number of aromatic nitrogens is 4. The molecule has 3 heterocycles. The first-order valence-corrected chi connectivity index (χ1v) is 12.9. The lowest BCUT2D eigenvalue weighted by atomic mass is 10.2. The van der Waals surface area contributed by atoms with Crippen LogP contribution in [0, 0.1) is 0 Å². The molecule has 0 aliphatic heterocycles. The summed E-state index contributed by atoms with van der Waals surface area (Å²) in [5.41, 5.74) is 2.85. The maximum Gasteiger partial charge on any atom is 0.196 e. The zero-order valence-electron chi connectivity index (χ0n) is 18.0. The molecule has 5 rings (SSSR count). The number of methoxy groups -OCH3 is 2. The van der Waals surface area contributed by atoms with Gasteiger partial charge in [-0.2, -0.15) is 0 Å². The molecule has 0 saturated carbocycles. The molecule has 0 spiro atoms. The van der Waals surface area contributed by atoms with Gasteiger partial charge in [0, 0.05) is 11.1 Å². The van der Waals surface area contributed by atoms with Crippen LogP contribution < -0.4 is 9.47 Å². The Hall–Kier alpha value is -3.14. The van der Waals surface area contributed by atoms with Crippen molar-refractivity contribution in [2.75, 3.05) is 14.2 Å². The first kappa shape index (κ1) is 21.7. The van der Waals surface area contributed by atoms with Crippen molar-refractivity contribution in [3.8, 4) is 38.5 Å². The van der Waals surface area contributed by atoms with Crippen molar-refractivity contribution in [1.82, 2.24) is 19.7 Å². The van der Waals surface area contributed by atoms with Crippen LogP contribution in [-0.4, -0.2) is 34.0 Å². The molecule has 0 bridgehead atoms. The van der Waals surface area contributed by atoms with Crippen molar-refractivity contribution in [2.45, 2.75) is 10.9 Å². The van der Waals surface area contributed by atoms with Gasteiger partial charge < -0.3 is 9.47 Å². The highest BCUT2D eigenvalue weighted by molar-refractivity contribution is 7.98. The number of thiophene rings is 1. The first-order chi connectivity index (χ1) is 16.3. The number of rotatable bonds is 8. The SMILES string of the molecule is COc1ccc(-n2c(SCc3csc(-c4cccs4)n3)nnc2-c2ccccc2OC)cc1. The molecule has 0 saturated heterocycles. The van der Waals surface area contributed by atoms with Gasteiger partial charge in [-0.1, -0.05) is 30.0 Å². The van der Waals surface area contributed by atoms with Gasteiger partial charge in [-0.15, -0.1) is 32.9 Å². The zero-order chi connectivity index (χ0) is 22.6. The summed E-state index contributed by atoms with van der Waals surface area (Å²) < 4.78 is 13.0. The Morgan fingerprint density at radius 3 is 2.52 bits per heavy atom. The van der Waals surface area contributed by atoms with Crippen molar-refractivity contribution in [2.24, 2.45) is 0 Å². The third kappa shape index (κ3) is 4.52. The molecule has 0 aliphatic carbocycles. The summed E-state index contributed by atoms with van der Waals surface area (Å²) in [4.78, 5) is 5.99. The third-order valence-corrected chi connectivity index (χ3v) is 7.84. The van der Waals surface area contributed by atoms with E-state index in [1.165, 1.54) is 4.88 Å². The fraction of sp³-hybridized carbons (Fsp3) is 0.125. The molecular formula is C24H20N4O2S3. The van der Waals surface area contributed by atoms with E-state index < -0.39 is 0 Å². The van der Waals surface area contributed by atoms with Gasteiger partial charge in [0.2, 0.25) is 0 Å². The molecule has 0 unspecified atom stereocenters. The molecule has 6 nitrogen and oxygen atoms in total. The third-order valence-electron chi connectivity index (χ3n) is 4.94. The molecule has 2 aromatic carbocycles. The zero-order valence-corrected chi connectivity index (χ0v) is 20.4. The quantitative estimate of drug-likeness (QED) is 0.233. The molecule has 166 valence electrons. The second-order valence-corrected chi connectivity index (χ2v) is 9.70. The molecule has 0 aliphatic rings. The van der Waals surface area contributed by atoms with Crippen LogP contribution in [0.5, 0.6) is 11.5 Å². The number of hydrogen-bond donors (Lipinski definition) is 0. The second-order valence-electron chi connectivity index (χ2n) is 6.95. The summed E-state index contributed by atoms with van der Waals surface area (Å²) in [7, 11) is 3.32. The smallest absolute Gasteiger partial charge is 0.196 e. The number of ether oxygens (including phenoxy) is 2. The van der Waals surface area contributed by atoms with Crippen molar-refractivity contribution in [3.63, 3.8) is 0 Å². The van der Waals surface area contributed by atoms with Gasteiger partial charge in [0.15, 0.2) is 11.0 Å². The van der Waals surface area contributed by atoms with Gasteiger partial charge in [-0.05, 0) is 47.8 Å². The molecule has 33 heavy (non-hydrogen) atoms. The van der Waals surface area contributed by atoms with Gasteiger partial charge >= 0.3 is 0 Å². The maximum absolute atomic E-state index is 5.59. The number of para-hydroxylation sites is 1. The molecule has 0 amide bonds. The van der Waals surface area contributed by atoms with E-state index in [0.29, 0.717) is 5.75 Å². The van der Waals surface area contributed by atoms with Crippen molar-refractivity contribution in [3.05, 3.63) is 77.1 Å². The highest BCUT2D eigenvalue weighted by atomic mass is 32.2. The molecule has 3 aromatic heterocycles. The average Bonchev–Trinajstić information content (AvgIpc) is 3.63. The minimum atomic E-state index is 0.697. The second kappa shape index (κ2) is 9.78. The number of benzene rings is 2. The lowest BCUT2D eigenvalue weighted by molar-refractivity contribution is 0.414. The van der Waals surface area contributed by atoms with Crippen molar-refractivity contribution >= 4 is 34.4 Å². The molecular weight excluding hydrogens is 472 g/mol. The van der Waals surface area contributed by atoms with E-state index >= 15 is 0 Å². The molecule has 0 fully saturated rings. The average molecular weight is 493 g/mol.